The molecule has 7 nitrogen and oxygen atoms in total. The van der Waals surface area contributed by atoms with E-state index in [9.17, 15) is 8.78 Å². The molecule has 2 aromatic heterocycles. The Kier molecular flexibility index (Phi) is 4.71. The van der Waals surface area contributed by atoms with Crippen molar-refractivity contribution < 1.29 is 13.5 Å². The highest BCUT2D eigenvalue weighted by Crippen LogP contribution is 2.34. The molecular weight excluding hydrogens is 354 g/mol. The number of ether oxygens (including phenoxy) is 1. The summed E-state index contributed by atoms with van der Waals surface area (Å²) in [7, 11) is 0. The van der Waals surface area contributed by atoms with Gasteiger partial charge in [0, 0.05) is 30.6 Å². The standard InChI is InChI=1S/C18H24F2N6O/c1-11-7-12(2)26(25-11)17-23-15(8-16(24-17)22-14-9-27-10-14)21-13-3-5-18(19,20)6-4-13/h7-8,13-14H,3-6,9-10H2,1-2H3,(H2,21,22,23,24). The van der Waals surface area contributed by atoms with Gasteiger partial charge < -0.3 is 15.4 Å². The van der Waals surface area contributed by atoms with Crippen LogP contribution < -0.4 is 10.6 Å². The second-order valence-electron chi connectivity index (χ2n) is 7.43. The molecule has 0 amide bonds. The maximum Gasteiger partial charge on any atom is 0.254 e. The Labute approximate surface area is 156 Å². The molecular formula is C18H24F2N6O. The number of aromatic nitrogens is 4. The van der Waals surface area contributed by atoms with Gasteiger partial charge in [-0.1, -0.05) is 0 Å². The zero-order valence-electron chi connectivity index (χ0n) is 15.5. The van der Waals surface area contributed by atoms with Gasteiger partial charge in [0.05, 0.1) is 24.9 Å². The number of hydrogen-bond acceptors (Lipinski definition) is 6. The van der Waals surface area contributed by atoms with Crippen LogP contribution in [0.5, 0.6) is 0 Å². The van der Waals surface area contributed by atoms with Crippen LogP contribution in [0.2, 0.25) is 0 Å². The van der Waals surface area contributed by atoms with Gasteiger partial charge in [0.1, 0.15) is 11.6 Å². The molecule has 2 N–H and O–H groups in total. The van der Waals surface area contributed by atoms with Crippen molar-refractivity contribution in [3.05, 3.63) is 23.5 Å². The van der Waals surface area contributed by atoms with Crippen molar-refractivity contribution in [2.45, 2.75) is 57.5 Å². The van der Waals surface area contributed by atoms with E-state index in [4.69, 9.17) is 4.74 Å². The van der Waals surface area contributed by atoms with Crippen molar-refractivity contribution in [2.24, 2.45) is 0 Å². The van der Waals surface area contributed by atoms with E-state index >= 15 is 0 Å². The number of alkyl halides is 2. The number of aryl methyl sites for hydroxylation is 2. The lowest BCUT2D eigenvalue weighted by atomic mass is 9.92. The van der Waals surface area contributed by atoms with Gasteiger partial charge in [0.2, 0.25) is 5.92 Å². The lowest BCUT2D eigenvalue weighted by Gasteiger charge is -2.30. The van der Waals surface area contributed by atoms with E-state index in [-0.39, 0.29) is 24.9 Å². The molecule has 0 radical (unpaired) electrons. The summed E-state index contributed by atoms with van der Waals surface area (Å²) in [5, 5.41) is 11.1. The maximum atomic E-state index is 13.4. The topological polar surface area (TPSA) is 76.9 Å². The number of nitrogens with one attached hydrogen (secondary N) is 2. The molecule has 1 saturated carbocycles. The minimum atomic E-state index is -2.55. The number of anilines is 2. The molecule has 0 bridgehead atoms. The molecule has 2 aromatic rings. The van der Waals surface area contributed by atoms with E-state index in [1.54, 1.807) is 4.68 Å². The van der Waals surface area contributed by atoms with Gasteiger partial charge in [-0.3, -0.25) is 0 Å². The van der Waals surface area contributed by atoms with Gasteiger partial charge in [-0.25, -0.2) is 13.5 Å². The average Bonchev–Trinajstić information content (AvgIpc) is 2.91. The monoisotopic (exact) mass is 378 g/mol. The summed E-state index contributed by atoms with van der Waals surface area (Å²) in [6.07, 6.45) is 0.659. The van der Waals surface area contributed by atoms with Crippen molar-refractivity contribution in [3.63, 3.8) is 0 Å². The van der Waals surface area contributed by atoms with Crippen LogP contribution in [0.4, 0.5) is 20.4 Å². The van der Waals surface area contributed by atoms with Crippen molar-refractivity contribution in [1.29, 1.82) is 0 Å². The lowest BCUT2D eigenvalue weighted by molar-refractivity contribution is -0.0361. The quantitative estimate of drug-likeness (QED) is 0.833. The van der Waals surface area contributed by atoms with Crippen LogP contribution in [0, 0.1) is 13.8 Å². The van der Waals surface area contributed by atoms with E-state index < -0.39 is 5.92 Å². The summed E-state index contributed by atoms with van der Waals surface area (Å²) in [6.45, 7) is 5.14. The molecule has 3 heterocycles. The Morgan fingerprint density at radius 2 is 1.67 bits per heavy atom. The fourth-order valence-electron chi connectivity index (χ4n) is 3.43. The normalized spacial score (nSPS) is 20.3. The minimum Gasteiger partial charge on any atom is -0.377 e. The van der Waals surface area contributed by atoms with Crippen molar-refractivity contribution in [3.8, 4) is 5.95 Å². The molecule has 1 aliphatic carbocycles. The fourth-order valence-corrected chi connectivity index (χ4v) is 3.43. The largest absolute Gasteiger partial charge is 0.377 e. The highest BCUT2D eigenvalue weighted by molar-refractivity contribution is 5.51. The summed E-state index contributed by atoms with van der Waals surface area (Å²) in [6, 6.07) is 3.97. The van der Waals surface area contributed by atoms with Crippen LogP contribution in [-0.4, -0.2) is 51.0 Å². The first-order valence-corrected chi connectivity index (χ1v) is 9.29. The third kappa shape index (κ3) is 4.18. The first kappa shape index (κ1) is 18.1. The molecule has 0 unspecified atom stereocenters. The van der Waals surface area contributed by atoms with Gasteiger partial charge in [-0.05, 0) is 32.8 Å². The second kappa shape index (κ2) is 7.03. The highest BCUT2D eigenvalue weighted by Gasteiger charge is 2.35. The Hall–Kier alpha value is -2.29. The smallest absolute Gasteiger partial charge is 0.254 e. The van der Waals surface area contributed by atoms with E-state index in [0.717, 1.165) is 11.4 Å². The van der Waals surface area contributed by atoms with E-state index in [0.29, 0.717) is 43.6 Å². The Bertz CT molecular complexity index is 810. The summed E-state index contributed by atoms with van der Waals surface area (Å²) in [5.41, 5.74) is 1.81. The fraction of sp³-hybridized carbons (Fsp3) is 0.611. The van der Waals surface area contributed by atoms with Gasteiger partial charge in [0.25, 0.3) is 5.95 Å². The van der Waals surface area contributed by atoms with Gasteiger partial charge in [-0.15, -0.1) is 0 Å². The number of hydrogen-bond donors (Lipinski definition) is 2. The molecule has 0 atom stereocenters. The highest BCUT2D eigenvalue weighted by atomic mass is 19.3. The summed E-state index contributed by atoms with van der Waals surface area (Å²) in [4.78, 5) is 9.16. The molecule has 146 valence electrons. The lowest BCUT2D eigenvalue weighted by Crippen LogP contribution is -2.40. The predicted molar refractivity (Wildman–Crippen MR) is 97.7 cm³/mol. The van der Waals surface area contributed by atoms with E-state index in [1.807, 2.05) is 26.0 Å². The molecule has 27 heavy (non-hydrogen) atoms. The molecule has 1 saturated heterocycles. The third-order valence-corrected chi connectivity index (χ3v) is 4.97. The minimum absolute atomic E-state index is 0.0206. The zero-order chi connectivity index (χ0) is 19.0. The number of nitrogens with zero attached hydrogens (tertiary/aromatic N) is 4. The van der Waals surface area contributed by atoms with Crippen molar-refractivity contribution in [1.82, 2.24) is 19.7 Å². The number of rotatable bonds is 5. The van der Waals surface area contributed by atoms with Gasteiger partial charge in [0.15, 0.2) is 0 Å². The van der Waals surface area contributed by atoms with Crippen LogP contribution in [0.25, 0.3) is 5.95 Å². The van der Waals surface area contributed by atoms with Crippen LogP contribution in [0.1, 0.15) is 37.1 Å². The molecule has 2 fully saturated rings. The summed E-state index contributed by atoms with van der Waals surface area (Å²) in [5.74, 6) is -0.806. The Morgan fingerprint density at radius 3 is 2.19 bits per heavy atom. The van der Waals surface area contributed by atoms with Crippen LogP contribution >= 0.6 is 0 Å². The average molecular weight is 378 g/mol. The summed E-state index contributed by atoms with van der Waals surface area (Å²) < 4.78 is 33.7. The van der Waals surface area contributed by atoms with Gasteiger partial charge >= 0.3 is 0 Å². The maximum absolute atomic E-state index is 13.4. The van der Waals surface area contributed by atoms with E-state index in [1.165, 1.54) is 0 Å². The molecule has 1 aliphatic heterocycles. The van der Waals surface area contributed by atoms with Crippen LogP contribution in [0.15, 0.2) is 12.1 Å². The van der Waals surface area contributed by atoms with E-state index in [2.05, 4.69) is 25.7 Å². The SMILES string of the molecule is Cc1cc(C)n(-c2nc(NC3CCC(F)(F)CC3)cc(NC3COC3)n2)n1. The van der Waals surface area contributed by atoms with Crippen molar-refractivity contribution >= 4 is 11.6 Å². The first-order chi connectivity index (χ1) is 12.9. The zero-order valence-corrected chi connectivity index (χ0v) is 15.5. The van der Waals surface area contributed by atoms with Gasteiger partial charge in [-0.2, -0.15) is 15.1 Å². The predicted octanol–water partition coefficient (Wildman–Crippen LogP) is 3.08. The Balaban J connectivity index is 1.58. The molecule has 0 aromatic carbocycles. The first-order valence-electron chi connectivity index (χ1n) is 9.29. The molecule has 0 spiro atoms. The Morgan fingerprint density at radius 1 is 1.04 bits per heavy atom. The third-order valence-electron chi connectivity index (χ3n) is 4.97. The van der Waals surface area contributed by atoms with Crippen LogP contribution in [-0.2, 0) is 4.74 Å². The summed E-state index contributed by atoms with van der Waals surface area (Å²) >= 11 is 0. The molecule has 9 heteroatoms. The van der Waals surface area contributed by atoms with Crippen LogP contribution in [0.3, 0.4) is 0 Å². The second-order valence-corrected chi connectivity index (χ2v) is 7.43. The number of halogens is 2. The molecule has 2 aliphatic rings. The molecule has 4 rings (SSSR count). The van der Waals surface area contributed by atoms with Crippen molar-refractivity contribution in [2.75, 3.05) is 23.8 Å².